The highest BCUT2D eigenvalue weighted by molar-refractivity contribution is 7.10. The van der Waals surface area contributed by atoms with Crippen molar-refractivity contribution < 1.29 is 9.53 Å². The molecule has 120 valence electrons. The van der Waals surface area contributed by atoms with Crippen molar-refractivity contribution in [3.05, 3.63) is 64.1 Å². The summed E-state index contributed by atoms with van der Waals surface area (Å²) in [5, 5.41) is 2.01. The summed E-state index contributed by atoms with van der Waals surface area (Å²) in [6, 6.07) is 4.00. The van der Waals surface area contributed by atoms with Gasteiger partial charge in [0.15, 0.2) is 0 Å². The third-order valence-electron chi connectivity index (χ3n) is 3.98. The van der Waals surface area contributed by atoms with Crippen molar-refractivity contribution in [1.29, 1.82) is 0 Å². The number of aromatic nitrogens is 1. The third kappa shape index (κ3) is 3.86. The van der Waals surface area contributed by atoms with E-state index in [9.17, 15) is 4.79 Å². The lowest BCUT2D eigenvalue weighted by atomic mass is 9.97. The van der Waals surface area contributed by atoms with E-state index in [1.807, 2.05) is 34.8 Å². The number of thiophene rings is 1. The van der Waals surface area contributed by atoms with E-state index in [2.05, 4.69) is 11.6 Å². The minimum absolute atomic E-state index is 0.186. The van der Waals surface area contributed by atoms with Crippen LogP contribution >= 0.6 is 11.3 Å². The highest BCUT2D eigenvalue weighted by Crippen LogP contribution is 2.23. The lowest BCUT2D eigenvalue weighted by Gasteiger charge is -2.29. The van der Waals surface area contributed by atoms with Gasteiger partial charge in [0.2, 0.25) is 5.91 Å². The van der Waals surface area contributed by atoms with E-state index in [0.717, 1.165) is 29.0 Å². The van der Waals surface area contributed by atoms with Crippen molar-refractivity contribution in [2.24, 2.45) is 0 Å². The molecule has 3 rings (SSSR count). The molecule has 0 aromatic carbocycles. The molecule has 0 N–H and O–H groups in total. The van der Waals surface area contributed by atoms with Gasteiger partial charge in [-0.15, -0.1) is 17.9 Å². The molecule has 0 fully saturated rings. The Kier molecular flexibility index (Phi) is 5.20. The van der Waals surface area contributed by atoms with Crippen LogP contribution in [0.2, 0.25) is 0 Å². The summed E-state index contributed by atoms with van der Waals surface area (Å²) in [6.07, 6.45) is 6.83. The fourth-order valence-electron chi connectivity index (χ4n) is 2.83. The fourth-order valence-corrected chi connectivity index (χ4v) is 3.53. The van der Waals surface area contributed by atoms with Crippen LogP contribution in [0.3, 0.4) is 0 Å². The Bertz CT molecular complexity index is 682. The van der Waals surface area contributed by atoms with Crippen LogP contribution < -0.4 is 0 Å². The molecule has 3 heterocycles. The molecule has 0 spiro atoms. The van der Waals surface area contributed by atoms with Gasteiger partial charge in [-0.25, -0.2) is 0 Å². The number of ether oxygens (including phenoxy) is 1. The van der Waals surface area contributed by atoms with Gasteiger partial charge in [0.05, 0.1) is 19.6 Å². The minimum Gasteiger partial charge on any atom is -0.373 e. The van der Waals surface area contributed by atoms with Crippen LogP contribution in [0.5, 0.6) is 0 Å². The van der Waals surface area contributed by atoms with E-state index < -0.39 is 0 Å². The zero-order chi connectivity index (χ0) is 16.1. The van der Waals surface area contributed by atoms with Gasteiger partial charge >= 0.3 is 0 Å². The molecule has 0 aliphatic carbocycles. The van der Waals surface area contributed by atoms with Crippen LogP contribution in [0.4, 0.5) is 0 Å². The van der Waals surface area contributed by atoms with Crippen molar-refractivity contribution in [1.82, 2.24) is 9.88 Å². The number of hydrogen-bond donors (Lipinski definition) is 0. The molecular weight excluding hydrogens is 308 g/mol. The number of fused-ring (bicyclic) bond motifs is 1. The lowest BCUT2D eigenvalue weighted by Crippen LogP contribution is -2.37. The average Bonchev–Trinajstić information content (AvgIpc) is 3.07. The van der Waals surface area contributed by atoms with E-state index in [4.69, 9.17) is 4.74 Å². The van der Waals surface area contributed by atoms with Gasteiger partial charge in [0.25, 0.3) is 0 Å². The molecule has 1 aliphatic heterocycles. The molecule has 0 atom stereocenters. The lowest BCUT2D eigenvalue weighted by molar-refractivity contribution is -0.131. The molecule has 2 aromatic heterocycles. The minimum atomic E-state index is 0.186. The number of carbonyl (C=O) groups is 1. The second kappa shape index (κ2) is 7.53. The molecule has 0 unspecified atom stereocenters. The zero-order valence-electron chi connectivity index (χ0n) is 13.0. The maximum Gasteiger partial charge on any atom is 0.228 e. The third-order valence-corrected chi connectivity index (χ3v) is 4.86. The molecule has 5 heteroatoms. The van der Waals surface area contributed by atoms with Gasteiger partial charge in [-0.3, -0.25) is 9.78 Å². The summed E-state index contributed by atoms with van der Waals surface area (Å²) in [5.74, 6) is 0.186. The van der Waals surface area contributed by atoms with E-state index >= 15 is 0 Å². The van der Waals surface area contributed by atoms with Crippen LogP contribution in [0.15, 0.2) is 42.6 Å². The van der Waals surface area contributed by atoms with Gasteiger partial charge in [0, 0.05) is 30.4 Å². The van der Waals surface area contributed by atoms with Crippen molar-refractivity contribution in [3.63, 3.8) is 0 Å². The first-order valence-electron chi connectivity index (χ1n) is 7.71. The van der Waals surface area contributed by atoms with Gasteiger partial charge in [-0.1, -0.05) is 12.1 Å². The predicted octanol–water partition coefficient (Wildman–Crippen LogP) is 2.97. The summed E-state index contributed by atoms with van der Waals surface area (Å²) in [7, 11) is 0. The maximum atomic E-state index is 12.4. The zero-order valence-corrected chi connectivity index (χ0v) is 13.8. The second-order valence-corrected chi connectivity index (χ2v) is 6.59. The van der Waals surface area contributed by atoms with Crippen LogP contribution in [0.25, 0.3) is 0 Å². The first kappa shape index (κ1) is 15.9. The largest absolute Gasteiger partial charge is 0.373 e. The smallest absolute Gasteiger partial charge is 0.228 e. The van der Waals surface area contributed by atoms with Crippen molar-refractivity contribution >= 4 is 17.2 Å². The summed E-state index contributed by atoms with van der Waals surface area (Å²) in [5.41, 5.74) is 3.54. The second-order valence-electron chi connectivity index (χ2n) is 5.56. The van der Waals surface area contributed by atoms with Crippen LogP contribution in [-0.2, 0) is 35.5 Å². The van der Waals surface area contributed by atoms with Crippen LogP contribution in [0.1, 0.15) is 21.6 Å². The Labute approximate surface area is 140 Å². The number of amides is 1. The average molecular weight is 328 g/mol. The van der Waals surface area contributed by atoms with Gasteiger partial charge < -0.3 is 9.64 Å². The summed E-state index contributed by atoms with van der Waals surface area (Å²) >= 11 is 1.63. The van der Waals surface area contributed by atoms with Crippen molar-refractivity contribution in [2.45, 2.75) is 26.0 Å². The topological polar surface area (TPSA) is 42.4 Å². The standard InChI is InChI=1S/C18H20N2O2S/c1-2-7-22-13-15-11-19-10-14-12-20(6-5-17(14)15)18(21)9-16-4-3-8-23-16/h2-4,8,10-11H,1,5-7,9,12-13H2. The summed E-state index contributed by atoms with van der Waals surface area (Å²) in [6.45, 7) is 6.14. The van der Waals surface area contributed by atoms with Crippen LogP contribution in [0, 0.1) is 0 Å². The fraction of sp³-hybridized carbons (Fsp3) is 0.333. The Morgan fingerprint density at radius 1 is 1.48 bits per heavy atom. The monoisotopic (exact) mass is 328 g/mol. The molecule has 1 aliphatic rings. The summed E-state index contributed by atoms with van der Waals surface area (Å²) in [4.78, 5) is 19.8. The van der Waals surface area contributed by atoms with Crippen LogP contribution in [-0.4, -0.2) is 28.9 Å². The highest BCUT2D eigenvalue weighted by atomic mass is 32.1. The highest BCUT2D eigenvalue weighted by Gasteiger charge is 2.23. The number of hydrogen-bond acceptors (Lipinski definition) is 4. The number of rotatable bonds is 6. The SMILES string of the molecule is C=CCOCc1cncc2c1CCN(C(=O)Cc1cccs1)C2. The normalized spacial score (nSPS) is 13.7. The molecule has 0 bridgehead atoms. The Balaban J connectivity index is 1.67. The van der Waals surface area contributed by atoms with E-state index in [1.54, 1.807) is 17.4 Å². The van der Waals surface area contributed by atoms with E-state index in [-0.39, 0.29) is 5.91 Å². The van der Waals surface area contributed by atoms with E-state index in [1.165, 1.54) is 5.56 Å². The predicted molar refractivity (Wildman–Crippen MR) is 91.2 cm³/mol. The Morgan fingerprint density at radius 3 is 3.17 bits per heavy atom. The molecular formula is C18H20N2O2S. The van der Waals surface area contributed by atoms with Gasteiger partial charge in [0.1, 0.15) is 0 Å². The number of pyridine rings is 1. The molecule has 4 nitrogen and oxygen atoms in total. The van der Waals surface area contributed by atoms with Crippen molar-refractivity contribution in [2.75, 3.05) is 13.2 Å². The number of carbonyl (C=O) groups excluding carboxylic acids is 1. The molecule has 0 radical (unpaired) electrons. The molecule has 23 heavy (non-hydrogen) atoms. The van der Waals surface area contributed by atoms with Gasteiger partial charge in [-0.2, -0.15) is 0 Å². The first-order valence-corrected chi connectivity index (χ1v) is 8.59. The quantitative estimate of drug-likeness (QED) is 0.605. The van der Waals surface area contributed by atoms with E-state index in [0.29, 0.717) is 26.2 Å². The molecule has 0 saturated carbocycles. The Morgan fingerprint density at radius 2 is 2.39 bits per heavy atom. The summed E-state index contributed by atoms with van der Waals surface area (Å²) < 4.78 is 5.54. The Hall–Kier alpha value is -1.98. The number of nitrogens with zero attached hydrogens (tertiary/aromatic N) is 2. The first-order chi connectivity index (χ1) is 11.3. The maximum absolute atomic E-state index is 12.4. The molecule has 2 aromatic rings. The van der Waals surface area contributed by atoms with Gasteiger partial charge in [-0.05, 0) is 34.6 Å². The van der Waals surface area contributed by atoms with Crippen molar-refractivity contribution in [3.8, 4) is 0 Å². The molecule has 1 amide bonds. The molecule has 0 saturated heterocycles.